The molecule has 0 unspecified atom stereocenters. The van der Waals surface area contributed by atoms with Crippen LogP contribution >= 0.6 is 0 Å². The molecule has 3 aromatic rings. The first-order valence-corrected chi connectivity index (χ1v) is 13.4. The van der Waals surface area contributed by atoms with Gasteiger partial charge in [-0.25, -0.2) is 9.37 Å². The zero-order chi connectivity index (χ0) is 29.7. The average molecular weight is 554 g/mol. The van der Waals surface area contributed by atoms with Crippen LogP contribution in [0.2, 0.25) is 0 Å². The Balaban J connectivity index is 1.49. The van der Waals surface area contributed by atoms with E-state index in [2.05, 4.69) is 57.2 Å². The van der Waals surface area contributed by atoms with Gasteiger partial charge in [0.15, 0.2) is 29.4 Å². The molecule has 0 spiro atoms. The average Bonchev–Trinajstić information content (AvgIpc) is 3.36. The Morgan fingerprint density at radius 3 is 2.20 bits per heavy atom. The number of nitrogens with zero attached hydrogens (tertiary/aromatic N) is 1. The van der Waals surface area contributed by atoms with Crippen molar-refractivity contribution in [2.45, 2.75) is 71.6 Å². The molecule has 2 amide bonds. The minimum absolute atomic E-state index is 0.0479. The van der Waals surface area contributed by atoms with Crippen LogP contribution in [0, 0.1) is 5.82 Å². The van der Waals surface area contributed by atoms with Crippen molar-refractivity contribution in [3.8, 4) is 22.8 Å². The smallest absolute Gasteiger partial charge is 0.273 e. The maximum absolute atomic E-state index is 14.1. The van der Waals surface area contributed by atoms with Gasteiger partial charge in [-0.3, -0.25) is 9.59 Å². The monoisotopic (exact) mass is 553 g/mol. The van der Waals surface area contributed by atoms with Crippen LogP contribution in [0.1, 0.15) is 81.6 Å². The van der Waals surface area contributed by atoms with Gasteiger partial charge in [-0.05, 0) is 58.6 Å². The van der Waals surface area contributed by atoms with Crippen LogP contribution in [-0.2, 0) is 22.0 Å². The second-order valence-electron chi connectivity index (χ2n) is 11.9. The molecule has 0 bridgehead atoms. The van der Waals surface area contributed by atoms with Crippen LogP contribution in [0.25, 0.3) is 11.3 Å². The van der Waals surface area contributed by atoms with Crippen LogP contribution in [0.3, 0.4) is 0 Å². The number of hydrogen-bond donors (Lipinski definition) is 3. The number of carbonyl (C=O) groups excluding carboxylic acids is 2. The number of oxazole rings is 1. The van der Waals surface area contributed by atoms with Crippen molar-refractivity contribution in [3.05, 3.63) is 64.9 Å². The summed E-state index contributed by atoms with van der Waals surface area (Å²) < 4.78 is 24.3. The summed E-state index contributed by atoms with van der Waals surface area (Å²) in [6.45, 7) is 13.1. The van der Waals surface area contributed by atoms with E-state index in [0.717, 1.165) is 23.1 Å². The number of halogens is 1. The first-order valence-electron chi connectivity index (χ1n) is 13.4. The number of methoxy groups -OCH3 is 1. The quantitative estimate of drug-likeness (QED) is 0.279. The number of phenolic OH excluding ortho intramolecular Hbond substituents is 1. The highest BCUT2D eigenvalue weighted by Crippen LogP contribution is 2.40. The largest absolute Gasteiger partial charge is 0.507 e. The lowest BCUT2D eigenvalue weighted by Crippen LogP contribution is -2.30. The minimum atomic E-state index is -0.576. The molecule has 3 rings (SSSR count). The first kappa shape index (κ1) is 30.7. The molecule has 216 valence electrons. The Labute approximate surface area is 235 Å². The van der Waals surface area contributed by atoms with Gasteiger partial charge in [-0.2, -0.15) is 0 Å². The number of phenols is 1. The fourth-order valence-corrected chi connectivity index (χ4v) is 4.35. The number of benzene rings is 2. The van der Waals surface area contributed by atoms with E-state index in [9.17, 15) is 19.1 Å². The normalized spacial score (nSPS) is 11.8. The summed E-state index contributed by atoms with van der Waals surface area (Å²) in [6.07, 6.45) is 2.51. The molecule has 0 saturated carbocycles. The molecular formula is C31H40FN3O5. The highest BCUT2D eigenvalue weighted by molar-refractivity contribution is 5.97. The molecule has 1 aromatic heterocycles. The molecule has 0 saturated heterocycles. The van der Waals surface area contributed by atoms with Crippen LogP contribution in [0.5, 0.6) is 11.5 Å². The maximum atomic E-state index is 14.1. The van der Waals surface area contributed by atoms with Gasteiger partial charge in [-0.1, -0.05) is 53.7 Å². The van der Waals surface area contributed by atoms with Gasteiger partial charge in [0.1, 0.15) is 5.75 Å². The van der Waals surface area contributed by atoms with Crippen molar-refractivity contribution in [2.24, 2.45) is 0 Å². The molecule has 40 heavy (non-hydrogen) atoms. The third-order valence-corrected chi connectivity index (χ3v) is 6.58. The van der Waals surface area contributed by atoms with Gasteiger partial charge in [0.25, 0.3) is 5.91 Å². The predicted molar refractivity (Wildman–Crippen MR) is 152 cm³/mol. The third kappa shape index (κ3) is 7.61. The summed E-state index contributed by atoms with van der Waals surface area (Å²) in [4.78, 5) is 29.1. The van der Waals surface area contributed by atoms with E-state index in [0.29, 0.717) is 43.7 Å². The third-order valence-electron chi connectivity index (χ3n) is 6.58. The van der Waals surface area contributed by atoms with Gasteiger partial charge in [0.2, 0.25) is 5.91 Å². The van der Waals surface area contributed by atoms with Crippen LogP contribution in [-0.4, -0.2) is 42.1 Å². The second kappa shape index (κ2) is 12.5. The van der Waals surface area contributed by atoms with E-state index < -0.39 is 11.7 Å². The molecule has 0 aliphatic carbocycles. The summed E-state index contributed by atoms with van der Waals surface area (Å²) in [6, 6.07) is 8.24. The molecule has 3 N–H and O–H groups in total. The number of ether oxygens (including phenoxy) is 1. The number of nitrogens with one attached hydrogen (secondary N) is 2. The Morgan fingerprint density at radius 2 is 1.62 bits per heavy atom. The van der Waals surface area contributed by atoms with Crippen molar-refractivity contribution < 1.29 is 28.2 Å². The molecular weight excluding hydrogens is 513 g/mol. The van der Waals surface area contributed by atoms with Crippen molar-refractivity contribution >= 4 is 11.8 Å². The lowest BCUT2D eigenvalue weighted by atomic mass is 9.78. The molecule has 2 aromatic carbocycles. The van der Waals surface area contributed by atoms with Crippen molar-refractivity contribution in [3.63, 3.8) is 0 Å². The predicted octanol–water partition coefficient (Wildman–Crippen LogP) is 5.66. The number of amides is 2. The molecule has 0 radical (unpaired) electrons. The van der Waals surface area contributed by atoms with Gasteiger partial charge in [-0.15, -0.1) is 0 Å². The fourth-order valence-electron chi connectivity index (χ4n) is 4.35. The Kier molecular flexibility index (Phi) is 9.60. The summed E-state index contributed by atoms with van der Waals surface area (Å²) in [5.41, 5.74) is 2.71. The Hall–Kier alpha value is -3.88. The zero-order valence-corrected chi connectivity index (χ0v) is 24.4. The van der Waals surface area contributed by atoms with Crippen LogP contribution < -0.4 is 15.4 Å². The SMILES string of the molecule is COc1ccc(-c2ocnc2C(=O)NCCCNC(=O)CCc2cc(C(C)(C)C)c(O)c(C(C)(C)C)c2)cc1F. The molecule has 0 aliphatic rings. The van der Waals surface area contributed by atoms with E-state index in [1.807, 2.05) is 12.1 Å². The standard InChI is InChI=1S/C31H40FN3O5/c1-30(2,3)21-15-19(16-22(27(21)37)31(4,5)6)9-12-25(36)33-13-8-14-34-29(38)26-28(40-18-35-26)20-10-11-24(39-7)23(32)17-20/h10-11,15-18,37H,8-9,12-14H2,1-7H3,(H,33,36)(H,34,38). The van der Waals surface area contributed by atoms with Crippen LogP contribution in [0.4, 0.5) is 4.39 Å². The minimum Gasteiger partial charge on any atom is -0.507 e. The van der Waals surface area contributed by atoms with Crippen LogP contribution in [0.15, 0.2) is 41.1 Å². The van der Waals surface area contributed by atoms with Gasteiger partial charge in [0, 0.05) is 25.1 Å². The molecule has 0 aliphatic heterocycles. The number of hydrogen-bond acceptors (Lipinski definition) is 6. The summed E-state index contributed by atoms with van der Waals surface area (Å²) in [5, 5.41) is 16.5. The van der Waals surface area contributed by atoms with E-state index in [-0.39, 0.29) is 33.9 Å². The number of rotatable bonds is 10. The van der Waals surface area contributed by atoms with Crippen molar-refractivity contribution in [1.29, 1.82) is 0 Å². The molecule has 0 atom stereocenters. The lowest BCUT2D eigenvalue weighted by molar-refractivity contribution is -0.121. The van der Waals surface area contributed by atoms with E-state index in [1.165, 1.54) is 19.2 Å². The summed E-state index contributed by atoms with van der Waals surface area (Å²) in [7, 11) is 1.37. The maximum Gasteiger partial charge on any atom is 0.273 e. The van der Waals surface area contributed by atoms with Gasteiger partial charge < -0.3 is 24.9 Å². The lowest BCUT2D eigenvalue weighted by Gasteiger charge is -2.28. The summed E-state index contributed by atoms with van der Waals surface area (Å²) in [5.74, 6) is -0.552. The van der Waals surface area contributed by atoms with E-state index >= 15 is 0 Å². The molecule has 8 nitrogen and oxygen atoms in total. The topological polar surface area (TPSA) is 114 Å². The van der Waals surface area contributed by atoms with Gasteiger partial charge in [0.05, 0.1) is 7.11 Å². The Morgan fingerprint density at radius 1 is 1.00 bits per heavy atom. The number of aryl methyl sites for hydroxylation is 1. The number of carbonyl (C=O) groups is 2. The molecule has 1 heterocycles. The molecule has 0 fully saturated rings. The second-order valence-corrected chi connectivity index (χ2v) is 11.9. The molecule has 9 heteroatoms. The van der Waals surface area contributed by atoms with E-state index in [1.54, 1.807) is 6.07 Å². The van der Waals surface area contributed by atoms with Crippen molar-refractivity contribution in [2.75, 3.05) is 20.2 Å². The van der Waals surface area contributed by atoms with E-state index in [4.69, 9.17) is 9.15 Å². The highest BCUT2D eigenvalue weighted by atomic mass is 19.1. The summed E-state index contributed by atoms with van der Waals surface area (Å²) >= 11 is 0. The van der Waals surface area contributed by atoms with Crippen molar-refractivity contribution in [1.82, 2.24) is 15.6 Å². The Bertz CT molecular complexity index is 1320. The first-order chi connectivity index (χ1) is 18.7. The highest BCUT2D eigenvalue weighted by Gasteiger charge is 2.26. The number of aromatic hydroxyl groups is 1. The fraction of sp³-hybridized carbons (Fsp3) is 0.452. The zero-order valence-electron chi connectivity index (χ0n) is 24.4. The number of aromatic nitrogens is 1. The van der Waals surface area contributed by atoms with Gasteiger partial charge >= 0.3 is 0 Å².